The van der Waals surface area contributed by atoms with Crippen LogP contribution in [0.25, 0.3) is 0 Å². The minimum absolute atomic E-state index is 0.0296. The quantitative estimate of drug-likeness (QED) is 0.552. The molecule has 0 fully saturated rings. The van der Waals surface area contributed by atoms with Crippen LogP contribution in [0.1, 0.15) is 53.3 Å². The van der Waals surface area contributed by atoms with Crippen molar-refractivity contribution in [2.24, 2.45) is 0 Å². The zero-order chi connectivity index (χ0) is 18.1. The maximum absolute atomic E-state index is 13.6. The van der Waals surface area contributed by atoms with Gasteiger partial charge in [0.25, 0.3) is 5.91 Å². The Kier molecular flexibility index (Phi) is 7.14. The van der Waals surface area contributed by atoms with Gasteiger partial charge in [0.15, 0.2) is 0 Å². The molecule has 0 heterocycles. The third-order valence-corrected chi connectivity index (χ3v) is 3.73. The second kappa shape index (κ2) is 9.57. The maximum atomic E-state index is 13.6. The number of amides is 1. The lowest BCUT2D eigenvalue weighted by Crippen LogP contribution is -2.14. The van der Waals surface area contributed by atoms with Gasteiger partial charge in [-0.2, -0.15) is 0 Å². The Morgan fingerprint density at radius 3 is 2.40 bits per heavy atom. The zero-order valence-corrected chi connectivity index (χ0v) is 14.3. The van der Waals surface area contributed by atoms with Crippen molar-refractivity contribution < 1.29 is 18.7 Å². The molecule has 2 aromatic carbocycles. The fraction of sp³-hybridized carbons (Fsp3) is 0.300. The van der Waals surface area contributed by atoms with Crippen LogP contribution in [0.15, 0.2) is 48.5 Å². The smallest absolute Gasteiger partial charge is 0.338 e. The van der Waals surface area contributed by atoms with E-state index in [4.69, 9.17) is 4.74 Å². The molecule has 0 bridgehead atoms. The summed E-state index contributed by atoms with van der Waals surface area (Å²) in [5, 5.41) is 2.60. The predicted molar refractivity (Wildman–Crippen MR) is 95.2 cm³/mol. The normalized spacial score (nSPS) is 10.3. The Morgan fingerprint density at radius 2 is 1.72 bits per heavy atom. The molecule has 132 valence electrons. The molecule has 2 rings (SSSR count). The van der Waals surface area contributed by atoms with Gasteiger partial charge in [-0.25, -0.2) is 9.18 Å². The van der Waals surface area contributed by atoms with E-state index in [1.165, 1.54) is 18.2 Å². The van der Waals surface area contributed by atoms with E-state index in [-0.39, 0.29) is 11.5 Å². The van der Waals surface area contributed by atoms with Crippen LogP contribution in [0.4, 0.5) is 10.1 Å². The topological polar surface area (TPSA) is 55.4 Å². The highest BCUT2D eigenvalue weighted by Gasteiger charge is 2.12. The van der Waals surface area contributed by atoms with Crippen LogP contribution in [0, 0.1) is 5.82 Å². The predicted octanol–water partition coefficient (Wildman–Crippen LogP) is 4.82. The first-order valence-corrected chi connectivity index (χ1v) is 8.45. The van der Waals surface area contributed by atoms with Crippen LogP contribution in [0.3, 0.4) is 0 Å². The zero-order valence-electron chi connectivity index (χ0n) is 14.3. The molecular weight excluding hydrogens is 321 g/mol. The molecule has 0 saturated carbocycles. The van der Waals surface area contributed by atoms with Gasteiger partial charge in [-0.3, -0.25) is 4.79 Å². The van der Waals surface area contributed by atoms with Crippen LogP contribution in [0.2, 0.25) is 0 Å². The van der Waals surface area contributed by atoms with Crippen molar-refractivity contribution in [2.75, 3.05) is 11.9 Å². The Labute approximate surface area is 147 Å². The molecule has 1 amide bonds. The third-order valence-electron chi connectivity index (χ3n) is 3.73. The number of anilines is 1. The molecule has 0 atom stereocenters. The fourth-order valence-electron chi connectivity index (χ4n) is 2.31. The minimum Gasteiger partial charge on any atom is -0.462 e. The SMILES string of the molecule is CCCCCCOC(=O)c1ccc(NC(=O)c2ccccc2F)cc1. The molecule has 0 aliphatic heterocycles. The average Bonchev–Trinajstić information content (AvgIpc) is 2.62. The summed E-state index contributed by atoms with van der Waals surface area (Å²) in [6.07, 6.45) is 4.17. The largest absolute Gasteiger partial charge is 0.462 e. The summed E-state index contributed by atoms with van der Waals surface area (Å²) in [7, 11) is 0. The number of hydrogen-bond donors (Lipinski definition) is 1. The van der Waals surface area contributed by atoms with E-state index in [0.29, 0.717) is 17.9 Å². The molecular formula is C20H22FNO3. The molecule has 0 radical (unpaired) electrons. The first-order chi connectivity index (χ1) is 12.1. The number of hydrogen-bond acceptors (Lipinski definition) is 3. The van der Waals surface area contributed by atoms with Crippen LogP contribution >= 0.6 is 0 Å². The number of esters is 1. The van der Waals surface area contributed by atoms with Gasteiger partial charge in [0.2, 0.25) is 0 Å². The summed E-state index contributed by atoms with van der Waals surface area (Å²) >= 11 is 0. The van der Waals surface area contributed by atoms with Crippen molar-refractivity contribution in [3.63, 3.8) is 0 Å². The summed E-state index contributed by atoms with van der Waals surface area (Å²) in [5.41, 5.74) is 0.866. The number of halogens is 1. The Morgan fingerprint density at radius 1 is 1.00 bits per heavy atom. The van der Waals surface area contributed by atoms with Crippen molar-refractivity contribution >= 4 is 17.6 Å². The number of nitrogens with one attached hydrogen (secondary N) is 1. The number of benzene rings is 2. The van der Waals surface area contributed by atoms with Gasteiger partial charge in [-0.05, 0) is 42.8 Å². The maximum Gasteiger partial charge on any atom is 0.338 e. The molecule has 1 N–H and O–H groups in total. The first kappa shape index (κ1) is 18.6. The van der Waals surface area contributed by atoms with Gasteiger partial charge in [-0.1, -0.05) is 38.3 Å². The first-order valence-electron chi connectivity index (χ1n) is 8.45. The molecule has 5 heteroatoms. The van der Waals surface area contributed by atoms with Crippen LogP contribution in [-0.4, -0.2) is 18.5 Å². The van der Waals surface area contributed by atoms with Crippen LogP contribution in [-0.2, 0) is 4.74 Å². The van der Waals surface area contributed by atoms with Gasteiger partial charge in [0, 0.05) is 5.69 Å². The average molecular weight is 343 g/mol. The summed E-state index contributed by atoms with van der Waals surface area (Å²) < 4.78 is 18.8. The highest BCUT2D eigenvalue weighted by Crippen LogP contribution is 2.14. The summed E-state index contributed by atoms with van der Waals surface area (Å²) in [5.74, 6) is -1.50. The Balaban J connectivity index is 1.88. The fourth-order valence-corrected chi connectivity index (χ4v) is 2.31. The van der Waals surface area contributed by atoms with Gasteiger partial charge in [0.05, 0.1) is 17.7 Å². The molecule has 25 heavy (non-hydrogen) atoms. The molecule has 4 nitrogen and oxygen atoms in total. The minimum atomic E-state index is -0.580. The number of ether oxygens (including phenoxy) is 1. The Hall–Kier alpha value is -2.69. The summed E-state index contributed by atoms with van der Waals surface area (Å²) in [4.78, 5) is 24.0. The molecule has 0 spiro atoms. The van der Waals surface area contributed by atoms with Crippen LogP contribution < -0.4 is 5.32 Å². The van der Waals surface area contributed by atoms with E-state index >= 15 is 0 Å². The lowest BCUT2D eigenvalue weighted by atomic mass is 10.1. The lowest BCUT2D eigenvalue weighted by Gasteiger charge is -2.08. The van der Waals surface area contributed by atoms with Crippen molar-refractivity contribution in [2.45, 2.75) is 32.6 Å². The van der Waals surface area contributed by atoms with Gasteiger partial charge >= 0.3 is 5.97 Å². The van der Waals surface area contributed by atoms with Gasteiger partial charge < -0.3 is 10.1 Å². The molecule has 0 saturated heterocycles. The molecule has 0 aromatic heterocycles. The van der Waals surface area contributed by atoms with E-state index in [0.717, 1.165) is 25.7 Å². The lowest BCUT2D eigenvalue weighted by molar-refractivity contribution is 0.0497. The van der Waals surface area contributed by atoms with Gasteiger partial charge in [-0.15, -0.1) is 0 Å². The number of rotatable bonds is 8. The second-order valence-electron chi connectivity index (χ2n) is 5.71. The van der Waals surface area contributed by atoms with Crippen molar-refractivity contribution in [3.05, 3.63) is 65.5 Å². The second-order valence-corrected chi connectivity index (χ2v) is 5.71. The van der Waals surface area contributed by atoms with E-state index in [2.05, 4.69) is 12.2 Å². The van der Waals surface area contributed by atoms with E-state index in [1.54, 1.807) is 30.3 Å². The van der Waals surface area contributed by atoms with Crippen molar-refractivity contribution in [1.29, 1.82) is 0 Å². The third kappa shape index (κ3) is 5.71. The molecule has 0 unspecified atom stereocenters. The van der Waals surface area contributed by atoms with E-state index in [9.17, 15) is 14.0 Å². The van der Waals surface area contributed by atoms with Gasteiger partial charge in [0.1, 0.15) is 5.82 Å². The molecule has 0 aliphatic carbocycles. The molecule has 0 aliphatic rings. The standard InChI is InChI=1S/C20H22FNO3/c1-2-3-4-7-14-25-20(24)15-10-12-16(13-11-15)22-19(23)17-8-5-6-9-18(17)21/h5-6,8-13H,2-4,7,14H2,1H3,(H,22,23). The molecule has 2 aromatic rings. The summed E-state index contributed by atoms with van der Waals surface area (Å²) in [6, 6.07) is 12.1. The highest BCUT2D eigenvalue weighted by molar-refractivity contribution is 6.04. The monoisotopic (exact) mass is 343 g/mol. The van der Waals surface area contributed by atoms with Crippen molar-refractivity contribution in [1.82, 2.24) is 0 Å². The van der Waals surface area contributed by atoms with Crippen molar-refractivity contribution in [3.8, 4) is 0 Å². The Bertz CT molecular complexity index is 713. The highest BCUT2D eigenvalue weighted by atomic mass is 19.1. The van der Waals surface area contributed by atoms with E-state index in [1.807, 2.05) is 0 Å². The number of unbranched alkanes of at least 4 members (excludes halogenated alkanes) is 3. The number of carbonyl (C=O) groups excluding carboxylic acids is 2. The van der Waals surface area contributed by atoms with Crippen LogP contribution in [0.5, 0.6) is 0 Å². The van der Waals surface area contributed by atoms with E-state index < -0.39 is 11.7 Å². The number of carbonyl (C=O) groups is 2. The summed E-state index contributed by atoms with van der Waals surface area (Å²) in [6.45, 7) is 2.53.